The third-order valence-electron chi connectivity index (χ3n) is 7.04. The molecular weight excluding hydrogens is 352 g/mol. The minimum Gasteiger partial charge on any atom is -0.339 e. The van der Waals surface area contributed by atoms with E-state index < -0.39 is 0 Å². The molecule has 0 unspecified atom stereocenters. The highest BCUT2D eigenvalue weighted by atomic mass is 15.0. The number of aromatic nitrogens is 2. The maximum absolute atomic E-state index is 4.64. The lowest BCUT2D eigenvalue weighted by molar-refractivity contribution is 0.456. The van der Waals surface area contributed by atoms with Crippen molar-refractivity contribution in [1.82, 2.24) is 9.55 Å². The molecule has 0 amide bonds. The van der Waals surface area contributed by atoms with Gasteiger partial charge >= 0.3 is 0 Å². The molecule has 0 atom stereocenters. The van der Waals surface area contributed by atoms with Crippen LogP contribution in [0.3, 0.4) is 0 Å². The summed E-state index contributed by atoms with van der Waals surface area (Å²) >= 11 is 0. The summed E-state index contributed by atoms with van der Waals surface area (Å²) in [7, 11) is 0. The maximum Gasteiger partial charge on any atom is 0.0707 e. The van der Waals surface area contributed by atoms with Crippen molar-refractivity contribution in [2.24, 2.45) is 0 Å². The van der Waals surface area contributed by atoms with Crippen molar-refractivity contribution in [3.63, 3.8) is 0 Å². The molecule has 4 rings (SSSR count). The SMILES string of the molecule is CCCCCCCn1c2cc(C3CCCCCCC3)ccc2c2ccnc(C)c21. The van der Waals surface area contributed by atoms with Crippen molar-refractivity contribution in [3.05, 3.63) is 41.7 Å². The van der Waals surface area contributed by atoms with E-state index in [0.29, 0.717) is 0 Å². The normalized spacial score (nSPS) is 16.3. The third kappa shape index (κ3) is 4.52. The number of nitrogens with zero attached hydrogens (tertiary/aromatic N) is 2. The van der Waals surface area contributed by atoms with Crippen LogP contribution in [0.1, 0.15) is 101 Å². The molecule has 0 saturated heterocycles. The molecule has 1 saturated carbocycles. The number of unbranched alkanes of at least 4 members (excludes halogenated alkanes) is 4. The molecule has 0 spiro atoms. The molecule has 0 aliphatic heterocycles. The fraction of sp³-hybridized carbons (Fsp3) is 0.593. The van der Waals surface area contributed by atoms with E-state index >= 15 is 0 Å². The predicted molar refractivity (Wildman–Crippen MR) is 126 cm³/mol. The van der Waals surface area contributed by atoms with E-state index in [1.165, 1.54) is 105 Å². The predicted octanol–water partition coefficient (Wildman–Crippen LogP) is 8.30. The van der Waals surface area contributed by atoms with Crippen LogP contribution in [-0.2, 0) is 6.54 Å². The van der Waals surface area contributed by atoms with Gasteiger partial charge in [0.25, 0.3) is 0 Å². The first-order valence-electron chi connectivity index (χ1n) is 12.2. The zero-order chi connectivity index (χ0) is 20.1. The van der Waals surface area contributed by atoms with E-state index in [2.05, 4.69) is 47.7 Å². The summed E-state index contributed by atoms with van der Waals surface area (Å²) in [5.41, 5.74) is 5.53. The highest BCUT2D eigenvalue weighted by Crippen LogP contribution is 2.36. The fourth-order valence-electron chi connectivity index (χ4n) is 5.39. The maximum atomic E-state index is 4.64. The van der Waals surface area contributed by atoms with Gasteiger partial charge in [-0.1, -0.05) is 76.8 Å². The lowest BCUT2D eigenvalue weighted by Gasteiger charge is -2.20. The highest BCUT2D eigenvalue weighted by Gasteiger charge is 2.17. The van der Waals surface area contributed by atoms with Crippen LogP contribution in [0.4, 0.5) is 0 Å². The second kappa shape index (κ2) is 9.78. The van der Waals surface area contributed by atoms with Gasteiger partial charge in [0.15, 0.2) is 0 Å². The van der Waals surface area contributed by atoms with Crippen molar-refractivity contribution in [2.75, 3.05) is 0 Å². The Hall–Kier alpha value is -1.83. The summed E-state index contributed by atoms with van der Waals surface area (Å²) in [4.78, 5) is 4.64. The molecule has 0 bridgehead atoms. The largest absolute Gasteiger partial charge is 0.339 e. The molecule has 29 heavy (non-hydrogen) atoms. The molecule has 0 radical (unpaired) electrons. The van der Waals surface area contributed by atoms with Crippen molar-refractivity contribution in [1.29, 1.82) is 0 Å². The van der Waals surface area contributed by atoms with Gasteiger partial charge in [0, 0.05) is 29.0 Å². The van der Waals surface area contributed by atoms with Gasteiger partial charge in [-0.05, 0) is 49.8 Å². The molecule has 1 fully saturated rings. The lowest BCUT2D eigenvalue weighted by Crippen LogP contribution is -2.04. The summed E-state index contributed by atoms with van der Waals surface area (Å²) in [5, 5.41) is 2.79. The Balaban J connectivity index is 1.70. The Labute approximate surface area is 176 Å². The summed E-state index contributed by atoms with van der Waals surface area (Å²) < 4.78 is 2.59. The summed E-state index contributed by atoms with van der Waals surface area (Å²) in [6, 6.07) is 9.58. The average molecular weight is 391 g/mol. The summed E-state index contributed by atoms with van der Waals surface area (Å²) in [5.74, 6) is 0.745. The minimum atomic E-state index is 0.745. The van der Waals surface area contributed by atoms with Crippen molar-refractivity contribution < 1.29 is 0 Å². The average Bonchev–Trinajstić information content (AvgIpc) is 3.02. The van der Waals surface area contributed by atoms with Gasteiger partial charge in [0.1, 0.15) is 0 Å². The number of rotatable bonds is 7. The zero-order valence-corrected chi connectivity index (χ0v) is 18.6. The molecule has 2 nitrogen and oxygen atoms in total. The Morgan fingerprint density at radius 3 is 2.45 bits per heavy atom. The van der Waals surface area contributed by atoms with Gasteiger partial charge in [0.2, 0.25) is 0 Å². The van der Waals surface area contributed by atoms with E-state index in [1.54, 1.807) is 5.56 Å². The smallest absolute Gasteiger partial charge is 0.0707 e. The van der Waals surface area contributed by atoms with Gasteiger partial charge in [0.05, 0.1) is 11.2 Å². The van der Waals surface area contributed by atoms with Crippen LogP contribution in [0, 0.1) is 6.92 Å². The van der Waals surface area contributed by atoms with Crippen molar-refractivity contribution >= 4 is 21.8 Å². The molecule has 0 N–H and O–H groups in total. The van der Waals surface area contributed by atoms with Gasteiger partial charge < -0.3 is 4.57 Å². The van der Waals surface area contributed by atoms with Gasteiger partial charge in [-0.15, -0.1) is 0 Å². The molecular formula is C27H38N2. The van der Waals surface area contributed by atoms with Crippen molar-refractivity contribution in [2.45, 2.75) is 103 Å². The number of fused-ring (bicyclic) bond motifs is 3. The second-order valence-electron chi connectivity index (χ2n) is 9.18. The highest BCUT2D eigenvalue weighted by molar-refractivity contribution is 6.08. The molecule has 2 aromatic heterocycles. The van der Waals surface area contributed by atoms with Crippen LogP contribution in [0.15, 0.2) is 30.5 Å². The molecule has 2 heteroatoms. The summed E-state index contributed by atoms with van der Waals surface area (Å²) in [6.07, 6.45) is 18.4. The Kier molecular flexibility index (Phi) is 6.90. The Bertz CT molecular complexity index is 929. The van der Waals surface area contributed by atoms with E-state index in [1.807, 2.05) is 6.20 Å². The molecule has 3 aromatic rings. The zero-order valence-electron chi connectivity index (χ0n) is 18.6. The van der Waals surface area contributed by atoms with Gasteiger partial charge in [-0.2, -0.15) is 0 Å². The third-order valence-corrected chi connectivity index (χ3v) is 7.04. The van der Waals surface area contributed by atoms with E-state index in [0.717, 1.165) is 12.5 Å². The number of hydrogen-bond acceptors (Lipinski definition) is 1. The quantitative estimate of drug-likeness (QED) is 0.371. The fourth-order valence-corrected chi connectivity index (χ4v) is 5.39. The molecule has 1 aliphatic carbocycles. The van der Waals surface area contributed by atoms with E-state index in [-0.39, 0.29) is 0 Å². The Morgan fingerprint density at radius 2 is 1.66 bits per heavy atom. The number of pyridine rings is 1. The Morgan fingerprint density at radius 1 is 0.897 bits per heavy atom. The van der Waals surface area contributed by atoms with E-state index in [4.69, 9.17) is 0 Å². The monoisotopic (exact) mass is 390 g/mol. The number of aryl methyl sites for hydroxylation is 2. The van der Waals surface area contributed by atoms with Crippen molar-refractivity contribution in [3.8, 4) is 0 Å². The molecule has 1 aliphatic rings. The molecule has 156 valence electrons. The van der Waals surface area contributed by atoms with Crippen LogP contribution in [-0.4, -0.2) is 9.55 Å². The first kappa shape index (κ1) is 20.4. The van der Waals surface area contributed by atoms with Crippen LogP contribution >= 0.6 is 0 Å². The van der Waals surface area contributed by atoms with E-state index in [9.17, 15) is 0 Å². The number of hydrogen-bond donors (Lipinski definition) is 0. The molecule has 2 heterocycles. The first-order chi connectivity index (χ1) is 14.3. The molecule has 1 aromatic carbocycles. The van der Waals surface area contributed by atoms with Crippen LogP contribution < -0.4 is 0 Å². The first-order valence-corrected chi connectivity index (χ1v) is 12.2. The topological polar surface area (TPSA) is 17.8 Å². The van der Waals surface area contributed by atoms with Crippen LogP contribution in [0.2, 0.25) is 0 Å². The van der Waals surface area contributed by atoms with Gasteiger partial charge in [-0.25, -0.2) is 0 Å². The second-order valence-corrected chi connectivity index (χ2v) is 9.18. The minimum absolute atomic E-state index is 0.745. The van der Waals surface area contributed by atoms with Crippen LogP contribution in [0.5, 0.6) is 0 Å². The summed E-state index contributed by atoms with van der Waals surface area (Å²) in [6.45, 7) is 5.58. The van der Waals surface area contributed by atoms with Crippen LogP contribution in [0.25, 0.3) is 21.8 Å². The lowest BCUT2D eigenvalue weighted by atomic mass is 9.85. The number of benzene rings is 1. The van der Waals surface area contributed by atoms with Gasteiger partial charge in [-0.3, -0.25) is 4.98 Å². The standard InChI is InChI=1S/C27H38N2/c1-3-4-5-9-12-19-29-26-20-23(22-13-10-7-6-8-11-14-22)15-16-24(26)25-17-18-28-21(2)27(25)29/h15-18,20,22H,3-14,19H2,1-2H3.